The van der Waals surface area contributed by atoms with Crippen molar-refractivity contribution in [3.63, 3.8) is 0 Å². The molecule has 8 nitrogen and oxygen atoms in total. The van der Waals surface area contributed by atoms with E-state index >= 15 is 0 Å². The van der Waals surface area contributed by atoms with E-state index in [0.29, 0.717) is 18.7 Å². The van der Waals surface area contributed by atoms with Crippen molar-refractivity contribution in [3.8, 4) is 0 Å². The molecule has 0 aliphatic carbocycles. The van der Waals surface area contributed by atoms with Gasteiger partial charge in [0, 0.05) is 6.42 Å². The molecule has 8 heteroatoms. The highest BCUT2D eigenvalue weighted by Gasteiger charge is 2.38. The van der Waals surface area contributed by atoms with Crippen molar-refractivity contribution < 1.29 is 23.9 Å². The summed E-state index contributed by atoms with van der Waals surface area (Å²) < 4.78 is 5.20. The molecule has 5 rings (SSSR count). The Morgan fingerprint density at radius 2 is 1.67 bits per heavy atom. The minimum atomic E-state index is -0.761. The summed E-state index contributed by atoms with van der Waals surface area (Å²) in [6, 6.07) is 19.3. The van der Waals surface area contributed by atoms with E-state index in [2.05, 4.69) is 5.10 Å². The molecule has 0 fully saturated rings. The number of amides is 3. The summed E-state index contributed by atoms with van der Waals surface area (Å²) in [6.07, 6.45) is 0.613. The molecule has 0 aromatic heterocycles. The lowest BCUT2D eigenvalue weighted by Gasteiger charge is -2.17. The van der Waals surface area contributed by atoms with Gasteiger partial charge >= 0.3 is 5.97 Å². The molecule has 2 heterocycles. The van der Waals surface area contributed by atoms with Crippen LogP contribution in [-0.2, 0) is 9.53 Å². The predicted octanol–water partition coefficient (Wildman–Crippen LogP) is 3.90. The van der Waals surface area contributed by atoms with E-state index in [4.69, 9.17) is 4.74 Å². The second-order valence-electron chi connectivity index (χ2n) is 8.75. The van der Waals surface area contributed by atoms with Crippen LogP contribution in [0.15, 0.2) is 71.8 Å². The minimum absolute atomic E-state index is 0.0837. The Morgan fingerprint density at radius 1 is 0.917 bits per heavy atom. The zero-order valence-electron chi connectivity index (χ0n) is 19.9. The van der Waals surface area contributed by atoms with E-state index in [1.54, 1.807) is 6.07 Å². The number of carbonyl (C=O) groups excluding carboxylic acids is 4. The second kappa shape index (κ2) is 9.22. The fraction of sp³-hybridized carbons (Fsp3) is 0.179. The summed E-state index contributed by atoms with van der Waals surface area (Å²) in [5.41, 5.74) is 4.37. The van der Waals surface area contributed by atoms with Gasteiger partial charge in [-0.3, -0.25) is 14.4 Å². The van der Waals surface area contributed by atoms with E-state index < -0.39 is 30.3 Å². The smallest absolute Gasteiger partial charge is 0.338 e. The molecule has 2 aliphatic heterocycles. The maximum absolute atomic E-state index is 13.1. The first-order valence-electron chi connectivity index (χ1n) is 11.5. The summed E-state index contributed by atoms with van der Waals surface area (Å²) in [5, 5.41) is 5.64. The molecule has 2 aliphatic rings. The monoisotopic (exact) mass is 481 g/mol. The zero-order chi connectivity index (χ0) is 25.4. The lowest BCUT2D eigenvalue weighted by atomic mass is 10.1. The highest BCUT2D eigenvalue weighted by atomic mass is 16.5. The lowest BCUT2D eigenvalue weighted by Crippen LogP contribution is -2.30. The largest absolute Gasteiger partial charge is 0.452 e. The van der Waals surface area contributed by atoms with Crippen molar-refractivity contribution in [2.24, 2.45) is 5.10 Å². The zero-order valence-corrected chi connectivity index (χ0v) is 19.9. The van der Waals surface area contributed by atoms with E-state index in [0.717, 1.165) is 27.3 Å². The van der Waals surface area contributed by atoms with Crippen LogP contribution in [0.25, 0.3) is 0 Å². The number of aryl methyl sites for hydroxylation is 2. The average Bonchev–Trinajstić information content (AvgIpc) is 3.48. The number of hydrazone groups is 1. The van der Waals surface area contributed by atoms with E-state index in [1.807, 2.05) is 56.3 Å². The van der Waals surface area contributed by atoms with Gasteiger partial charge in [-0.2, -0.15) is 5.10 Å². The Labute approximate surface area is 207 Å². The van der Waals surface area contributed by atoms with Crippen LogP contribution in [0.5, 0.6) is 0 Å². The summed E-state index contributed by atoms with van der Waals surface area (Å²) in [4.78, 5) is 52.4. The van der Waals surface area contributed by atoms with Crippen LogP contribution in [0.3, 0.4) is 0 Å². The fourth-order valence-electron chi connectivity index (χ4n) is 4.30. The van der Waals surface area contributed by atoms with Gasteiger partial charge in [-0.15, -0.1) is 0 Å². The standard InChI is InChI=1S/C28H23N3O5/c1-17-8-9-18(2)24(14-17)31-26(33)21-11-10-20(15-22(21)27(31)34)28(35)36-16-25(32)30-13-12-23(29-30)19-6-4-3-5-7-19/h3-11,14-15H,12-13,16H2,1-2H3. The Balaban J connectivity index is 1.27. The van der Waals surface area contributed by atoms with Gasteiger partial charge in [0.25, 0.3) is 17.7 Å². The first-order chi connectivity index (χ1) is 17.3. The quantitative estimate of drug-likeness (QED) is 0.407. The summed E-state index contributed by atoms with van der Waals surface area (Å²) in [5.74, 6) is -2.15. The molecule has 0 radical (unpaired) electrons. The number of fused-ring (bicyclic) bond motifs is 1. The Hall–Kier alpha value is -4.59. The second-order valence-corrected chi connectivity index (χ2v) is 8.75. The number of esters is 1. The van der Waals surface area contributed by atoms with Crippen LogP contribution in [0.2, 0.25) is 0 Å². The van der Waals surface area contributed by atoms with Gasteiger partial charge in [-0.05, 0) is 54.8 Å². The van der Waals surface area contributed by atoms with Gasteiger partial charge < -0.3 is 4.74 Å². The number of hydrogen-bond donors (Lipinski definition) is 0. The lowest BCUT2D eigenvalue weighted by molar-refractivity contribution is -0.134. The maximum Gasteiger partial charge on any atom is 0.338 e. The number of imide groups is 1. The van der Waals surface area contributed by atoms with Gasteiger partial charge in [0.2, 0.25) is 0 Å². The normalized spacial score (nSPS) is 14.7. The molecule has 36 heavy (non-hydrogen) atoms. The number of anilines is 1. The molecular weight excluding hydrogens is 458 g/mol. The topological polar surface area (TPSA) is 96.3 Å². The number of nitrogens with zero attached hydrogens (tertiary/aromatic N) is 3. The van der Waals surface area contributed by atoms with E-state index in [1.165, 1.54) is 23.2 Å². The summed E-state index contributed by atoms with van der Waals surface area (Å²) in [6.45, 7) is 3.63. The first kappa shape index (κ1) is 23.2. The number of rotatable bonds is 5. The van der Waals surface area contributed by atoms with Gasteiger partial charge in [0.05, 0.1) is 34.6 Å². The Kier molecular flexibility index (Phi) is 5.93. The molecule has 3 amide bonds. The van der Waals surface area contributed by atoms with Crippen molar-refractivity contribution in [1.29, 1.82) is 0 Å². The van der Waals surface area contributed by atoms with Crippen molar-refractivity contribution in [1.82, 2.24) is 5.01 Å². The van der Waals surface area contributed by atoms with Crippen LogP contribution in [-0.4, -0.2) is 47.6 Å². The highest BCUT2D eigenvalue weighted by molar-refractivity contribution is 6.35. The number of ether oxygens (including phenoxy) is 1. The number of benzene rings is 3. The molecule has 0 bridgehead atoms. The van der Waals surface area contributed by atoms with Crippen molar-refractivity contribution in [2.75, 3.05) is 18.1 Å². The van der Waals surface area contributed by atoms with Crippen LogP contribution in [0, 0.1) is 13.8 Å². The van der Waals surface area contributed by atoms with Gasteiger partial charge in [-0.25, -0.2) is 14.7 Å². The molecule has 3 aromatic rings. The Morgan fingerprint density at radius 3 is 2.44 bits per heavy atom. The molecule has 0 atom stereocenters. The summed E-state index contributed by atoms with van der Waals surface area (Å²) >= 11 is 0. The van der Waals surface area contributed by atoms with Crippen molar-refractivity contribution in [2.45, 2.75) is 20.3 Å². The minimum Gasteiger partial charge on any atom is -0.452 e. The third-order valence-corrected chi connectivity index (χ3v) is 6.25. The molecule has 0 saturated carbocycles. The van der Waals surface area contributed by atoms with Gasteiger partial charge in [-0.1, -0.05) is 42.5 Å². The first-order valence-corrected chi connectivity index (χ1v) is 11.5. The molecule has 0 unspecified atom stereocenters. The van der Waals surface area contributed by atoms with Crippen molar-refractivity contribution >= 4 is 35.1 Å². The Bertz CT molecular complexity index is 1440. The molecule has 3 aromatic carbocycles. The maximum atomic E-state index is 13.1. The molecule has 180 valence electrons. The summed E-state index contributed by atoms with van der Waals surface area (Å²) in [7, 11) is 0. The molecule has 0 saturated heterocycles. The van der Waals surface area contributed by atoms with E-state index in [9.17, 15) is 19.2 Å². The number of hydrogen-bond acceptors (Lipinski definition) is 6. The molecule has 0 spiro atoms. The van der Waals surface area contributed by atoms with Crippen LogP contribution in [0.4, 0.5) is 5.69 Å². The van der Waals surface area contributed by atoms with Gasteiger partial charge in [0.15, 0.2) is 6.61 Å². The number of carbonyl (C=O) groups is 4. The molecular formula is C28H23N3O5. The third kappa shape index (κ3) is 4.17. The molecule has 0 N–H and O–H groups in total. The SMILES string of the molecule is Cc1ccc(C)c(N2C(=O)c3ccc(C(=O)OCC(=O)N4CCC(c5ccccc5)=N4)cc3C2=O)c1. The van der Waals surface area contributed by atoms with Crippen LogP contribution >= 0.6 is 0 Å². The van der Waals surface area contributed by atoms with E-state index in [-0.39, 0.29) is 16.7 Å². The van der Waals surface area contributed by atoms with Crippen LogP contribution in [0.1, 0.15) is 54.2 Å². The van der Waals surface area contributed by atoms with Crippen molar-refractivity contribution in [3.05, 3.63) is 100 Å². The van der Waals surface area contributed by atoms with Crippen LogP contribution < -0.4 is 4.90 Å². The predicted molar refractivity (Wildman–Crippen MR) is 133 cm³/mol. The third-order valence-electron chi connectivity index (χ3n) is 6.25. The average molecular weight is 482 g/mol. The fourth-order valence-corrected chi connectivity index (χ4v) is 4.30. The highest BCUT2D eigenvalue weighted by Crippen LogP contribution is 2.32. The van der Waals surface area contributed by atoms with Gasteiger partial charge in [0.1, 0.15) is 0 Å².